The lowest BCUT2D eigenvalue weighted by Crippen LogP contribution is -2.41. The molecule has 0 bridgehead atoms. The number of hydrogen-bond donors (Lipinski definition) is 0. The summed E-state index contributed by atoms with van der Waals surface area (Å²) in [5.74, 6) is 0.521. The lowest BCUT2D eigenvalue weighted by molar-refractivity contribution is -0.165. The van der Waals surface area contributed by atoms with Gasteiger partial charge in [-0.3, -0.25) is 4.79 Å². The SMILES string of the molecule is CCOC(=O)C1(CCC(C)C)CCCC1OCc1ccccc1. The molecule has 1 aliphatic carbocycles. The molecular formula is C20H30O3. The van der Waals surface area contributed by atoms with Crippen molar-refractivity contribution in [3.8, 4) is 0 Å². The molecule has 0 spiro atoms. The Bertz CT molecular complexity index is 483. The molecular weight excluding hydrogens is 288 g/mol. The molecule has 0 saturated heterocycles. The second-order valence-electron chi connectivity index (χ2n) is 6.99. The molecule has 0 aliphatic heterocycles. The van der Waals surface area contributed by atoms with E-state index in [0.29, 0.717) is 19.1 Å². The number of hydrogen-bond acceptors (Lipinski definition) is 3. The minimum atomic E-state index is -0.449. The normalized spacial score (nSPS) is 24.1. The third kappa shape index (κ3) is 4.57. The molecule has 1 fully saturated rings. The van der Waals surface area contributed by atoms with E-state index in [1.807, 2.05) is 25.1 Å². The van der Waals surface area contributed by atoms with Gasteiger partial charge in [-0.05, 0) is 50.5 Å². The van der Waals surface area contributed by atoms with E-state index in [1.54, 1.807) is 0 Å². The van der Waals surface area contributed by atoms with Gasteiger partial charge in [-0.15, -0.1) is 0 Å². The third-order valence-corrected chi connectivity index (χ3v) is 4.85. The molecule has 1 aromatic rings. The van der Waals surface area contributed by atoms with Crippen molar-refractivity contribution in [2.45, 2.75) is 65.6 Å². The molecule has 0 radical (unpaired) electrons. The zero-order valence-corrected chi connectivity index (χ0v) is 14.7. The highest BCUT2D eigenvalue weighted by Gasteiger charge is 2.50. The van der Waals surface area contributed by atoms with Gasteiger partial charge < -0.3 is 9.47 Å². The predicted octanol–water partition coefficient (Wildman–Crippen LogP) is 4.74. The van der Waals surface area contributed by atoms with Crippen molar-refractivity contribution in [1.29, 1.82) is 0 Å². The fourth-order valence-corrected chi connectivity index (χ4v) is 3.50. The van der Waals surface area contributed by atoms with E-state index >= 15 is 0 Å². The molecule has 2 atom stereocenters. The summed E-state index contributed by atoms with van der Waals surface area (Å²) in [5, 5.41) is 0. The van der Waals surface area contributed by atoms with Gasteiger partial charge in [0.1, 0.15) is 0 Å². The van der Waals surface area contributed by atoms with Gasteiger partial charge in [0.15, 0.2) is 0 Å². The molecule has 0 heterocycles. The van der Waals surface area contributed by atoms with Crippen molar-refractivity contribution < 1.29 is 14.3 Å². The fourth-order valence-electron chi connectivity index (χ4n) is 3.50. The van der Waals surface area contributed by atoms with Crippen LogP contribution in [0.3, 0.4) is 0 Å². The largest absolute Gasteiger partial charge is 0.465 e. The average Bonchev–Trinajstić information content (AvgIpc) is 2.96. The topological polar surface area (TPSA) is 35.5 Å². The minimum Gasteiger partial charge on any atom is -0.465 e. The van der Waals surface area contributed by atoms with Crippen molar-refractivity contribution in [1.82, 2.24) is 0 Å². The van der Waals surface area contributed by atoms with Gasteiger partial charge >= 0.3 is 5.97 Å². The molecule has 3 nitrogen and oxygen atoms in total. The second kappa shape index (κ2) is 8.49. The highest BCUT2D eigenvalue weighted by Crippen LogP contribution is 2.46. The second-order valence-corrected chi connectivity index (χ2v) is 6.99. The Morgan fingerprint density at radius 3 is 2.70 bits per heavy atom. The summed E-state index contributed by atoms with van der Waals surface area (Å²) < 4.78 is 11.6. The van der Waals surface area contributed by atoms with Gasteiger partial charge in [0, 0.05) is 0 Å². The van der Waals surface area contributed by atoms with E-state index in [4.69, 9.17) is 9.47 Å². The summed E-state index contributed by atoms with van der Waals surface area (Å²) in [6.07, 6.45) is 4.74. The Morgan fingerprint density at radius 1 is 1.30 bits per heavy atom. The monoisotopic (exact) mass is 318 g/mol. The Kier molecular flexibility index (Phi) is 6.64. The maximum Gasteiger partial charge on any atom is 0.314 e. The highest BCUT2D eigenvalue weighted by molar-refractivity contribution is 5.78. The van der Waals surface area contributed by atoms with Crippen molar-refractivity contribution in [3.05, 3.63) is 35.9 Å². The standard InChI is InChI=1S/C20H30O3/c1-4-22-19(21)20(14-12-16(2)3)13-8-11-18(20)23-15-17-9-6-5-7-10-17/h5-7,9-10,16,18H,4,8,11-15H2,1-3H3. The average molecular weight is 318 g/mol. The van der Waals surface area contributed by atoms with E-state index in [0.717, 1.165) is 37.7 Å². The van der Waals surface area contributed by atoms with Crippen LogP contribution in [0.15, 0.2) is 30.3 Å². The molecule has 2 unspecified atom stereocenters. The first kappa shape index (κ1) is 18.0. The highest BCUT2D eigenvalue weighted by atomic mass is 16.5. The van der Waals surface area contributed by atoms with Crippen LogP contribution in [0.25, 0.3) is 0 Å². The quantitative estimate of drug-likeness (QED) is 0.649. The lowest BCUT2D eigenvalue weighted by atomic mass is 9.78. The number of rotatable bonds is 8. The van der Waals surface area contributed by atoms with Gasteiger partial charge in [-0.2, -0.15) is 0 Å². The van der Waals surface area contributed by atoms with Crippen LogP contribution in [-0.2, 0) is 20.9 Å². The maximum absolute atomic E-state index is 12.7. The molecule has 2 rings (SSSR count). The molecule has 128 valence electrons. The molecule has 3 heteroatoms. The summed E-state index contributed by atoms with van der Waals surface area (Å²) in [7, 11) is 0. The predicted molar refractivity (Wildman–Crippen MR) is 92.0 cm³/mol. The number of carbonyl (C=O) groups is 1. The Morgan fingerprint density at radius 2 is 2.04 bits per heavy atom. The van der Waals surface area contributed by atoms with Crippen molar-refractivity contribution in [2.75, 3.05) is 6.61 Å². The maximum atomic E-state index is 12.7. The van der Waals surface area contributed by atoms with Gasteiger partial charge in [-0.25, -0.2) is 0 Å². The summed E-state index contributed by atoms with van der Waals surface area (Å²) in [4.78, 5) is 12.7. The summed E-state index contributed by atoms with van der Waals surface area (Å²) >= 11 is 0. The van der Waals surface area contributed by atoms with Crippen LogP contribution in [0.2, 0.25) is 0 Å². The van der Waals surface area contributed by atoms with E-state index in [-0.39, 0.29) is 12.1 Å². The van der Waals surface area contributed by atoms with Gasteiger partial charge in [0.2, 0.25) is 0 Å². The van der Waals surface area contributed by atoms with Crippen LogP contribution in [-0.4, -0.2) is 18.7 Å². The summed E-state index contributed by atoms with van der Waals surface area (Å²) in [5.41, 5.74) is 0.704. The van der Waals surface area contributed by atoms with Crippen LogP contribution >= 0.6 is 0 Å². The fraction of sp³-hybridized carbons (Fsp3) is 0.650. The number of esters is 1. The van der Waals surface area contributed by atoms with E-state index in [2.05, 4.69) is 26.0 Å². The van der Waals surface area contributed by atoms with Crippen LogP contribution < -0.4 is 0 Å². The van der Waals surface area contributed by atoms with Crippen molar-refractivity contribution >= 4 is 5.97 Å². The number of carbonyl (C=O) groups excluding carboxylic acids is 1. The Hall–Kier alpha value is -1.35. The van der Waals surface area contributed by atoms with Crippen LogP contribution in [0.1, 0.15) is 58.4 Å². The van der Waals surface area contributed by atoms with Crippen LogP contribution in [0, 0.1) is 11.3 Å². The number of ether oxygens (including phenoxy) is 2. The van der Waals surface area contributed by atoms with Gasteiger partial charge in [0.25, 0.3) is 0 Å². The first-order valence-electron chi connectivity index (χ1n) is 8.91. The zero-order valence-electron chi connectivity index (χ0n) is 14.7. The Labute approximate surface area is 140 Å². The van der Waals surface area contributed by atoms with Crippen molar-refractivity contribution in [2.24, 2.45) is 11.3 Å². The minimum absolute atomic E-state index is 0.0273. The van der Waals surface area contributed by atoms with E-state index in [9.17, 15) is 4.79 Å². The summed E-state index contributed by atoms with van der Waals surface area (Å²) in [6, 6.07) is 10.2. The first-order chi connectivity index (χ1) is 11.1. The zero-order chi connectivity index (χ0) is 16.7. The smallest absolute Gasteiger partial charge is 0.314 e. The lowest BCUT2D eigenvalue weighted by Gasteiger charge is -2.33. The Balaban J connectivity index is 2.09. The van der Waals surface area contributed by atoms with E-state index < -0.39 is 5.41 Å². The van der Waals surface area contributed by atoms with Gasteiger partial charge in [-0.1, -0.05) is 44.2 Å². The molecule has 1 aliphatic rings. The van der Waals surface area contributed by atoms with E-state index in [1.165, 1.54) is 0 Å². The van der Waals surface area contributed by atoms with Crippen LogP contribution in [0.4, 0.5) is 0 Å². The summed E-state index contributed by atoms with van der Waals surface area (Å²) in [6.45, 7) is 7.28. The molecule has 1 saturated carbocycles. The molecule has 0 aromatic heterocycles. The first-order valence-corrected chi connectivity index (χ1v) is 8.91. The third-order valence-electron chi connectivity index (χ3n) is 4.85. The molecule has 0 N–H and O–H groups in total. The molecule has 1 aromatic carbocycles. The van der Waals surface area contributed by atoms with Crippen molar-refractivity contribution in [3.63, 3.8) is 0 Å². The number of benzene rings is 1. The molecule has 0 amide bonds. The molecule has 23 heavy (non-hydrogen) atoms. The van der Waals surface area contributed by atoms with Crippen LogP contribution in [0.5, 0.6) is 0 Å². The van der Waals surface area contributed by atoms with Gasteiger partial charge in [0.05, 0.1) is 24.7 Å².